The molecule has 0 unspecified atom stereocenters. The van der Waals surface area contributed by atoms with E-state index in [1.54, 1.807) is 18.3 Å². The first kappa shape index (κ1) is 20.5. The molecule has 5 rings (SSSR count). The number of hydrogen-bond donors (Lipinski definition) is 2. The molecule has 2 aromatic carbocycles. The Morgan fingerprint density at radius 2 is 1.94 bits per heavy atom. The number of urea groups is 1. The highest BCUT2D eigenvalue weighted by molar-refractivity contribution is 7.99. The number of hydrogen-bond acceptors (Lipinski definition) is 7. The van der Waals surface area contributed by atoms with Gasteiger partial charge in [-0.1, -0.05) is 65.6 Å². The lowest BCUT2D eigenvalue weighted by Crippen LogP contribution is -2.46. The van der Waals surface area contributed by atoms with Crippen LogP contribution in [0, 0.1) is 0 Å². The number of esters is 1. The number of thioether (sulfide) groups is 1. The van der Waals surface area contributed by atoms with Crippen LogP contribution in [0.2, 0.25) is 0 Å². The van der Waals surface area contributed by atoms with E-state index in [-0.39, 0.29) is 12.6 Å². The van der Waals surface area contributed by atoms with Gasteiger partial charge in [0.15, 0.2) is 5.16 Å². The van der Waals surface area contributed by atoms with Crippen LogP contribution in [-0.4, -0.2) is 39.0 Å². The Labute approximate surface area is 191 Å². The Kier molecular flexibility index (Phi) is 5.54. The fraction of sp³-hybridized carbons (Fsp3) is 0.182. The molecule has 1 aliphatic heterocycles. The second-order valence-corrected chi connectivity index (χ2v) is 8.97. The maximum absolute atomic E-state index is 12.9. The zero-order valence-corrected chi connectivity index (χ0v) is 18.7. The second kappa shape index (κ2) is 8.64. The summed E-state index contributed by atoms with van der Waals surface area (Å²) < 4.78 is 8.43. The molecule has 0 saturated heterocycles. The molecule has 3 heterocycles. The number of thiazole rings is 1. The van der Waals surface area contributed by atoms with Crippen molar-refractivity contribution in [1.29, 1.82) is 0 Å². The van der Waals surface area contributed by atoms with Crippen molar-refractivity contribution >= 4 is 50.3 Å². The molecule has 2 amide bonds. The Morgan fingerprint density at radius 3 is 2.75 bits per heavy atom. The van der Waals surface area contributed by atoms with Crippen LogP contribution in [0.5, 0.6) is 0 Å². The molecule has 8 nitrogen and oxygen atoms in total. The lowest BCUT2D eigenvalue weighted by Gasteiger charge is -2.29. The molecule has 4 aromatic rings. The van der Waals surface area contributed by atoms with Crippen LogP contribution in [0.15, 0.2) is 71.0 Å². The van der Waals surface area contributed by atoms with Crippen LogP contribution in [0.4, 0.5) is 4.79 Å². The van der Waals surface area contributed by atoms with Gasteiger partial charge < -0.3 is 15.4 Å². The lowest BCUT2D eigenvalue weighted by atomic mass is 9.95. The maximum atomic E-state index is 12.9. The minimum absolute atomic E-state index is 0.240. The van der Waals surface area contributed by atoms with Gasteiger partial charge in [-0.05, 0) is 24.6 Å². The summed E-state index contributed by atoms with van der Waals surface area (Å²) in [7, 11) is 0. The molecule has 162 valence electrons. The van der Waals surface area contributed by atoms with Crippen molar-refractivity contribution in [3.63, 3.8) is 0 Å². The van der Waals surface area contributed by atoms with E-state index in [1.165, 1.54) is 11.8 Å². The van der Waals surface area contributed by atoms with Crippen LogP contribution >= 0.6 is 23.1 Å². The Hall–Kier alpha value is -3.37. The number of amides is 2. The number of rotatable bonds is 6. The van der Waals surface area contributed by atoms with E-state index < -0.39 is 12.0 Å². The molecule has 0 fully saturated rings. The first-order valence-electron chi connectivity index (χ1n) is 10.0. The van der Waals surface area contributed by atoms with E-state index in [4.69, 9.17) is 4.74 Å². The Balaban J connectivity index is 1.52. The highest BCUT2D eigenvalue weighted by Gasteiger charge is 2.33. The van der Waals surface area contributed by atoms with Gasteiger partial charge in [0.1, 0.15) is 0 Å². The van der Waals surface area contributed by atoms with Crippen molar-refractivity contribution in [1.82, 2.24) is 25.2 Å². The summed E-state index contributed by atoms with van der Waals surface area (Å²) in [5.41, 5.74) is 2.72. The van der Waals surface area contributed by atoms with Gasteiger partial charge in [0.2, 0.25) is 4.96 Å². The van der Waals surface area contributed by atoms with Crippen LogP contribution < -0.4 is 10.6 Å². The predicted molar refractivity (Wildman–Crippen MR) is 124 cm³/mol. The normalized spacial score (nSPS) is 16.3. The summed E-state index contributed by atoms with van der Waals surface area (Å²) in [5, 5.41) is 14.9. The third-order valence-electron chi connectivity index (χ3n) is 5.04. The van der Waals surface area contributed by atoms with Crippen LogP contribution in [0.3, 0.4) is 0 Å². The largest absolute Gasteiger partial charge is 0.463 e. The first-order valence-corrected chi connectivity index (χ1v) is 11.8. The fourth-order valence-electron chi connectivity index (χ4n) is 3.66. The number of carbonyl (C=O) groups is 2. The molecule has 2 aromatic heterocycles. The predicted octanol–water partition coefficient (Wildman–Crippen LogP) is 3.91. The van der Waals surface area contributed by atoms with E-state index >= 15 is 0 Å². The summed E-state index contributed by atoms with van der Waals surface area (Å²) in [6.45, 7) is 2.00. The van der Waals surface area contributed by atoms with E-state index in [0.29, 0.717) is 22.2 Å². The highest BCUT2D eigenvalue weighted by Crippen LogP contribution is 2.33. The number of nitrogens with one attached hydrogen (secondary N) is 2. The molecular weight excluding hydrogens is 446 g/mol. The van der Waals surface area contributed by atoms with Crippen molar-refractivity contribution in [2.75, 3.05) is 12.4 Å². The number of carbonyl (C=O) groups excluding carboxylic acids is 2. The minimum atomic E-state index is -0.597. The average molecular weight is 466 g/mol. The lowest BCUT2D eigenvalue weighted by molar-refractivity contribution is -0.139. The summed E-state index contributed by atoms with van der Waals surface area (Å²) in [6.07, 6.45) is 0. The van der Waals surface area contributed by atoms with E-state index in [2.05, 4.69) is 20.8 Å². The zero-order valence-electron chi connectivity index (χ0n) is 17.1. The van der Waals surface area contributed by atoms with Gasteiger partial charge in [0.25, 0.3) is 0 Å². The highest BCUT2D eigenvalue weighted by atomic mass is 32.2. The molecule has 0 radical (unpaired) electrons. The summed E-state index contributed by atoms with van der Waals surface area (Å²) >= 11 is 2.97. The van der Waals surface area contributed by atoms with Gasteiger partial charge in [0, 0.05) is 11.4 Å². The van der Waals surface area contributed by atoms with E-state index in [0.717, 1.165) is 20.7 Å². The molecule has 2 N–H and O–H groups in total. The summed E-state index contributed by atoms with van der Waals surface area (Å²) in [4.78, 5) is 26.1. The smallest absolute Gasteiger partial charge is 0.338 e. The Morgan fingerprint density at radius 1 is 1.16 bits per heavy atom. The third kappa shape index (κ3) is 3.71. The number of para-hydroxylation sites is 1. The van der Waals surface area contributed by atoms with Gasteiger partial charge in [-0.25, -0.2) is 9.59 Å². The van der Waals surface area contributed by atoms with Gasteiger partial charge >= 0.3 is 12.0 Å². The quantitative estimate of drug-likeness (QED) is 0.331. The summed E-state index contributed by atoms with van der Waals surface area (Å²) in [6, 6.07) is 16.4. The van der Waals surface area contributed by atoms with Crippen LogP contribution in [-0.2, 0) is 9.53 Å². The van der Waals surface area contributed by atoms with Crippen molar-refractivity contribution < 1.29 is 14.3 Å². The number of nitrogens with zero attached hydrogens (tertiary/aromatic N) is 3. The van der Waals surface area contributed by atoms with Crippen LogP contribution in [0.25, 0.3) is 15.2 Å². The molecule has 0 saturated carbocycles. The molecule has 1 aliphatic rings. The van der Waals surface area contributed by atoms with Gasteiger partial charge in [-0.2, -0.15) is 0 Å². The third-order valence-corrected chi connectivity index (χ3v) is 7.01. The number of benzene rings is 2. The van der Waals surface area contributed by atoms with Crippen molar-refractivity contribution in [3.05, 3.63) is 71.4 Å². The Bertz CT molecular complexity index is 1350. The van der Waals surface area contributed by atoms with Crippen molar-refractivity contribution in [2.45, 2.75) is 18.1 Å². The monoisotopic (exact) mass is 465 g/mol. The molecule has 0 aliphatic carbocycles. The first-order chi connectivity index (χ1) is 15.7. The number of ether oxygens (including phenoxy) is 1. The molecule has 0 spiro atoms. The zero-order chi connectivity index (χ0) is 22.1. The number of aromatic nitrogens is 3. The maximum Gasteiger partial charge on any atom is 0.338 e. The van der Waals surface area contributed by atoms with Gasteiger partial charge in [-0.15, -0.1) is 10.2 Å². The second-order valence-electron chi connectivity index (χ2n) is 7.01. The molecule has 0 bridgehead atoms. The minimum Gasteiger partial charge on any atom is -0.463 e. The summed E-state index contributed by atoms with van der Waals surface area (Å²) in [5.74, 6) is -0.132. The van der Waals surface area contributed by atoms with E-state index in [1.807, 2.05) is 59.0 Å². The molecule has 10 heteroatoms. The van der Waals surface area contributed by atoms with Gasteiger partial charge in [0.05, 0.1) is 28.4 Å². The fourth-order valence-corrected chi connectivity index (χ4v) is 5.60. The van der Waals surface area contributed by atoms with E-state index in [9.17, 15) is 9.59 Å². The molecule has 32 heavy (non-hydrogen) atoms. The van der Waals surface area contributed by atoms with Crippen molar-refractivity contribution in [3.8, 4) is 0 Å². The average Bonchev–Trinajstić information content (AvgIpc) is 3.37. The SMILES string of the molecule is CCOC(=O)C1=C(CSc2nnc3sc4ccccc4n23)NC(=O)N[C@H]1c1ccccc1. The molecule has 1 atom stereocenters. The van der Waals surface area contributed by atoms with Crippen LogP contribution in [0.1, 0.15) is 18.5 Å². The van der Waals surface area contributed by atoms with Crippen molar-refractivity contribution in [2.24, 2.45) is 0 Å². The molecular formula is C22H19N5O3S2. The standard InChI is InChI=1S/C22H19N5O3S2/c1-2-30-19(28)17-14(23-20(29)24-18(17)13-8-4-3-5-9-13)12-31-21-25-26-22-27(21)15-10-6-7-11-16(15)32-22/h3-11,18H,2,12H2,1H3,(H2,23,24,29)/t18-/m0/s1. The van der Waals surface area contributed by atoms with Gasteiger partial charge in [-0.3, -0.25) is 4.40 Å². The topological polar surface area (TPSA) is 97.6 Å². The number of fused-ring (bicyclic) bond motifs is 3.